The lowest BCUT2D eigenvalue weighted by atomic mass is 10.2. The van der Waals surface area contributed by atoms with Crippen molar-refractivity contribution in [2.45, 2.75) is 30.4 Å². The highest BCUT2D eigenvalue weighted by Gasteiger charge is 2.18. The maximum atomic E-state index is 12.5. The van der Waals surface area contributed by atoms with Crippen molar-refractivity contribution in [3.63, 3.8) is 0 Å². The minimum absolute atomic E-state index is 0.0188. The first kappa shape index (κ1) is 16.7. The fraction of sp³-hybridized carbons (Fsp3) is 0.235. The van der Waals surface area contributed by atoms with Gasteiger partial charge in [0.1, 0.15) is 0 Å². The number of nitrogens with two attached hydrogens (primary N) is 1. The number of carbonyl (C=O) groups excluding carboxylic acids is 1. The van der Waals surface area contributed by atoms with Crippen molar-refractivity contribution in [2.75, 3.05) is 11.1 Å². The standard InChI is InChI=1S/C17H19ClN2OS/c1-3-16(22-14-8-6-13(19)7-9-14)17(21)20-15-10-12(18)5-4-11(15)2/h4-10,16H,3,19H2,1-2H3,(H,20,21). The topological polar surface area (TPSA) is 55.1 Å². The molecule has 1 atom stereocenters. The predicted molar refractivity (Wildman–Crippen MR) is 95.6 cm³/mol. The van der Waals surface area contributed by atoms with E-state index in [2.05, 4.69) is 5.32 Å². The number of nitrogen functional groups attached to an aromatic ring is 1. The van der Waals surface area contributed by atoms with E-state index in [0.717, 1.165) is 28.3 Å². The van der Waals surface area contributed by atoms with Crippen LogP contribution in [0.3, 0.4) is 0 Å². The molecule has 0 heterocycles. The number of benzene rings is 2. The summed E-state index contributed by atoms with van der Waals surface area (Å²) in [4.78, 5) is 13.5. The minimum Gasteiger partial charge on any atom is -0.399 e. The molecule has 0 bridgehead atoms. The van der Waals surface area contributed by atoms with Crippen LogP contribution < -0.4 is 11.1 Å². The first-order valence-corrected chi connectivity index (χ1v) is 8.34. The van der Waals surface area contributed by atoms with Crippen LogP contribution in [0.2, 0.25) is 5.02 Å². The number of nitrogens with one attached hydrogen (secondary N) is 1. The van der Waals surface area contributed by atoms with Crippen molar-refractivity contribution in [1.82, 2.24) is 0 Å². The van der Waals surface area contributed by atoms with Crippen molar-refractivity contribution in [3.05, 3.63) is 53.1 Å². The third-order valence-corrected chi connectivity index (χ3v) is 4.89. The molecule has 0 aromatic heterocycles. The molecule has 22 heavy (non-hydrogen) atoms. The second kappa shape index (κ2) is 7.56. The van der Waals surface area contributed by atoms with Gasteiger partial charge in [-0.1, -0.05) is 24.6 Å². The van der Waals surface area contributed by atoms with E-state index in [1.165, 1.54) is 11.8 Å². The number of halogens is 1. The van der Waals surface area contributed by atoms with Crippen LogP contribution in [-0.2, 0) is 4.79 Å². The molecule has 0 aliphatic carbocycles. The van der Waals surface area contributed by atoms with Crippen molar-refractivity contribution < 1.29 is 4.79 Å². The van der Waals surface area contributed by atoms with E-state index in [1.807, 2.05) is 50.2 Å². The van der Waals surface area contributed by atoms with E-state index >= 15 is 0 Å². The molecule has 3 N–H and O–H groups in total. The summed E-state index contributed by atoms with van der Waals surface area (Å²) >= 11 is 7.52. The van der Waals surface area contributed by atoms with Gasteiger partial charge < -0.3 is 11.1 Å². The monoisotopic (exact) mass is 334 g/mol. The van der Waals surface area contributed by atoms with E-state index < -0.39 is 0 Å². The lowest BCUT2D eigenvalue weighted by molar-refractivity contribution is -0.115. The maximum Gasteiger partial charge on any atom is 0.237 e. The van der Waals surface area contributed by atoms with Crippen LogP contribution in [-0.4, -0.2) is 11.2 Å². The van der Waals surface area contributed by atoms with Gasteiger partial charge in [-0.2, -0.15) is 0 Å². The summed E-state index contributed by atoms with van der Waals surface area (Å²) in [5, 5.41) is 3.41. The Morgan fingerprint density at radius 2 is 1.95 bits per heavy atom. The molecule has 0 fully saturated rings. The molecule has 0 aliphatic rings. The van der Waals surface area contributed by atoms with Gasteiger partial charge in [-0.3, -0.25) is 4.79 Å². The Kier molecular flexibility index (Phi) is 5.75. The Labute approximate surface area is 140 Å². The molecule has 2 rings (SSSR count). The van der Waals surface area contributed by atoms with Crippen molar-refractivity contribution in [2.24, 2.45) is 0 Å². The summed E-state index contributed by atoms with van der Waals surface area (Å²) in [5.41, 5.74) is 8.15. The Morgan fingerprint density at radius 1 is 1.27 bits per heavy atom. The summed E-state index contributed by atoms with van der Waals surface area (Å²) in [7, 11) is 0. The summed E-state index contributed by atoms with van der Waals surface area (Å²) in [6.45, 7) is 3.94. The van der Waals surface area contributed by atoms with E-state index in [0.29, 0.717) is 5.02 Å². The van der Waals surface area contributed by atoms with Gasteiger partial charge in [0.05, 0.1) is 5.25 Å². The van der Waals surface area contributed by atoms with Gasteiger partial charge in [0.25, 0.3) is 0 Å². The van der Waals surface area contributed by atoms with Gasteiger partial charge in [0.15, 0.2) is 0 Å². The van der Waals surface area contributed by atoms with E-state index in [1.54, 1.807) is 6.07 Å². The Bertz CT molecular complexity index is 658. The average molecular weight is 335 g/mol. The number of rotatable bonds is 5. The number of amides is 1. The van der Waals surface area contributed by atoms with Crippen molar-refractivity contribution >= 4 is 40.6 Å². The highest BCUT2D eigenvalue weighted by atomic mass is 35.5. The summed E-state index contributed by atoms with van der Waals surface area (Å²) in [6.07, 6.45) is 0.737. The van der Waals surface area contributed by atoms with Gasteiger partial charge in [0.2, 0.25) is 5.91 Å². The predicted octanol–water partition coefficient (Wildman–Crippen LogP) is 4.74. The van der Waals surface area contributed by atoms with Gasteiger partial charge >= 0.3 is 0 Å². The first-order chi connectivity index (χ1) is 10.5. The molecule has 116 valence electrons. The molecule has 3 nitrogen and oxygen atoms in total. The highest BCUT2D eigenvalue weighted by molar-refractivity contribution is 8.00. The Hall–Kier alpha value is -1.65. The number of thioether (sulfide) groups is 1. The third-order valence-electron chi connectivity index (χ3n) is 3.28. The largest absolute Gasteiger partial charge is 0.399 e. The van der Waals surface area contributed by atoms with Crippen LogP contribution in [0, 0.1) is 6.92 Å². The zero-order valence-corrected chi connectivity index (χ0v) is 14.2. The van der Waals surface area contributed by atoms with E-state index in [9.17, 15) is 4.79 Å². The number of hydrogen-bond acceptors (Lipinski definition) is 3. The minimum atomic E-state index is -0.165. The average Bonchev–Trinajstić information content (AvgIpc) is 2.50. The van der Waals surface area contributed by atoms with Crippen molar-refractivity contribution in [3.8, 4) is 0 Å². The summed E-state index contributed by atoms with van der Waals surface area (Å²) in [6, 6.07) is 13.0. The molecule has 0 radical (unpaired) electrons. The van der Waals surface area contributed by atoms with Crippen LogP contribution in [0.4, 0.5) is 11.4 Å². The van der Waals surface area contributed by atoms with E-state index in [4.69, 9.17) is 17.3 Å². The number of hydrogen-bond donors (Lipinski definition) is 2. The molecule has 0 spiro atoms. The first-order valence-electron chi connectivity index (χ1n) is 7.09. The zero-order chi connectivity index (χ0) is 16.1. The van der Waals surface area contributed by atoms with Crippen LogP contribution in [0.15, 0.2) is 47.4 Å². The van der Waals surface area contributed by atoms with Crippen LogP contribution >= 0.6 is 23.4 Å². The fourth-order valence-electron chi connectivity index (χ4n) is 1.98. The van der Waals surface area contributed by atoms with Gasteiger partial charge in [-0.15, -0.1) is 11.8 Å². The Morgan fingerprint density at radius 3 is 2.59 bits per heavy atom. The second-order valence-corrected chi connectivity index (χ2v) is 6.74. The zero-order valence-electron chi connectivity index (χ0n) is 12.6. The molecule has 0 saturated carbocycles. The quantitative estimate of drug-likeness (QED) is 0.613. The maximum absolute atomic E-state index is 12.5. The molecular weight excluding hydrogens is 316 g/mol. The molecule has 2 aromatic carbocycles. The fourth-order valence-corrected chi connectivity index (χ4v) is 3.10. The lowest BCUT2D eigenvalue weighted by Gasteiger charge is -2.16. The molecule has 0 saturated heterocycles. The summed E-state index contributed by atoms with van der Waals surface area (Å²) in [5.74, 6) is -0.0188. The summed E-state index contributed by atoms with van der Waals surface area (Å²) < 4.78 is 0. The second-order valence-electron chi connectivity index (χ2n) is 5.03. The smallest absolute Gasteiger partial charge is 0.237 e. The van der Waals surface area contributed by atoms with Gasteiger partial charge in [0, 0.05) is 21.3 Å². The molecule has 1 amide bonds. The Balaban J connectivity index is 2.08. The molecular formula is C17H19ClN2OS. The normalized spacial score (nSPS) is 12.0. The van der Waals surface area contributed by atoms with Crippen LogP contribution in [0.1, 0.15) is 18.9 Å². The lowest BCUT2D eigenvalue weighted by Crippen LogP contribution is -2.24. The van der Waals surface area contributed by atoms with Crippen LogP contribution in [0.25, 0.3) is 0 Å². The van der Waals surface area contributed by atoms with E-state index in [-0.39, 0.29) is 11.2 Å². The number of anilines is 2. The molecule has 1 unspecified atom stereocenters. The number of carbonyl (C=O) groups is 1. The van der Waals surface area contributed by atoms with Crippen molar-refractivity contribution in [1.29, 1.82) is 0 Å². The van der Waals surface area contributed by atoms with Crippen LogP contribution in [0.5, 0.6) is 0 Å². The highest BCUT2D eigenvalue weighted by Crippen LogP contribution is 2.28. The molecule has 5 heteroatoms. The van der Waals surface area contributed by atoms with Gasteiger partial charge in [-0.05, 0) is 55.3 Å². The third kappa shape index (κ3) is 4.42. The number of aryl methyl sites for hydroxylation is 1. The molecule has 2 aromatic rings. The SMILES string of the molecule is CCC(Sc1ccc(N)cc1)C(=O)Nc1cc(Cl)ccc1C. The van der Waals surface area contributed by atoms with Gasteiger partial charge in [-0.25, -0.2) is 0 Å². The molecule has 0 aliphatic heterocycles.